The molecular formula is C21H18O6. The van der Waals surface area contributed by atoms with Gasteiger partial charge in [-0.25, -0.2) is 9.59 Å². The number of hydrogen-bond donors (Lipinski definition) is 0. The van der Waals surface area contributed by atoms with Crippen molar-refractivity contribution < 1.29 is 28.7 Å². The lowest BCUT2D eigenvalue weighted by Gasteiger charge is -2.71. The lowest BCUT2D eigenvalue weighted by molar-refractivity contribution is -0.217. The molecule has 0 radical (unpaired) electrons. The van der Waals surface area contributed by atoms with Gasteiger partial charge in [-0.05, 0) is 30.1 Å². The monoisotopic (exact) mass is 366 g/mol. The van der Waals surface area contributed by atoms with Gasteiger partial charge in [0.1, 0.15) is 11.6 Å². The summed E-state index contributed by atoms with van der Waals surface area (Å²) in [5, 5.41) is 0. The molecule has 0 amide bonds. The maximum Gasteiger partial charge on any atom is 0.334 e. The van der Waals surface area contributed by atoms with Crippen LogP contribution in [-0.2, 0) is 28.7 Å². The summed E-state index contributed by atoms with van der Waals surface area (Å²) in [6.07, 6.45) is 4.73. The third-order valence-electron chi connectivity index (χ3n) is 9.52. The molecule has 5 saturated carbocycles. The highest BCUT2D eigenvalue weighted by molar-refractivity contribution is 6.16. The third kappa shape index (κ3) is 0.969. The maximum absolute atomic E-state index is 13.7. The van der Waals surface area contributed by atoms with E-state index in [0.29, 0.717) is 0 Å². The van der Waals surface area contributed by atoms with Gasteiger partial charge in [0, 0.05) is 23.7 Å². The average Bonchev–Trinajstić information content (AvgIpc) is 3.22. The summed E-state index contributed by atoms with van der Waals surface area (Å²) in [6.45, 7) is 0. The van der Waals surface area contributed by atoms with Gasteiger partial charge in [-0.2, -0.15) is 0 Å². The number of ketones is 2. The number of esters is 2. The predicted molar refractivity (Wildman–Crippen MR) is 87.6 cm³/mol. The molecule has 138 valence electrons. The van der Waals surface area contributed by atoms with E-state index in [4.69, 9.17) is 9.47 Å². The molecule has 6 heteroatoms. The van der Waals surface area contributed by atoms with Gasteiger partial charge in [-0.3, -0.25) is 9.59 Å². The second kappa shape index (κ2) is 3.82. The lowest BCUT2D eigenvalue weighted by Crippen LogP contribution is -2.76. The number of methoxy groups -OCH3 is 2. The number of allylic oxidation sites excluding steroid dienone is 2. The molecule has 6 nitrogen and oxygen atoms in total. The van der Waals surface area contributed by atoms with Crippen molar-refractivity contribution in [2.45, 2.75) is 6.42 Å². The first-order valence-corrected chi connectivity index (χ1v) is 9.67. The van der Waals surface area contributed by atoms with E-state index < -0.39 is 34.6 Å². The molecule has 10 atom stereocenters. The van der Waals surface area contributed by atoms with Crippen LogP contribution in [0.2, 0.25) is 0 Å². The van der Waals surface area contributed by atoms with Gasteiger partial charge in [-0.1, -0.05) is 12.2 Å². The quantitative estimate of drug-likeness (QED) is 0.528. The minimum absolute atomic E-state index is 0.160. The fourth-order valence-corrected chi connectivity index (χ4v) is 9.55. The molecule has 0 heterocycles. The molecule has 5 fully saturated rings. The van der Waals surface area contributed by atoms with Crippen molar-refractivity contribution >= 4 is 23.5 Å². The van der Waals surface area contributed by atoms with Crippen LogP contribution in [0.5, 0.6) is 0 Å². The molecule has 0 N–H and O–H groups in total. The van der Waals surface area contributed by atoms with Crippen LogP contribution in [0.3, 0.4) is 0 Å². The van der Waals surface area contributed by atoms with Gasteiger partial charge in [0.2, 0.25) is 0 Å². The molecule has 8 rings (SSSR count). The third-order valence-corrected chi connectivity index (χ3v) is 9.52. The Bertz CT molecular complexity index is 913. The van der Waals surface area contributed by atoms with Crippen molar-refractivity contribution in [1.29, 1.82) is 0 Å². The van der Waals surface area contributed by atoms with Gasteiger partial charge < -0.3 is 9.47 Å². The highest BCUT2D eigenvalue weighted by Gasteiger charge is 2.99. The van der Waals surface area contributed by atoms with E-state index in [1.807, 2.05) is 12.2 Å². The van der Waals surface area contributed by atoms with Crippen LogP contribution in [0.1, 0.15) is 6.42 Å². The van der Waals surface area contributed by atoms with E-state index in [2.05, 4.69) is 0 Å². The topological polar surface area (TPSA) is 86.7 Å². The number of rotatable bonds is 2. The predicted octanol–water partition coefficient (Wildman–Crippen LogP) is 0.711. The molecule has 0 aromatic carbocycles. The maximum atomic E-state index is 13.7. The second-order valence-corrected chi connectivity index (χ2v) is 9.28. The Labute approximate surface area is 154 Å². The summed E-state index contributed by atoms with van der Waals surface area (Å²) in [5.41, 5.74) is -1.16. The van der Waals surface area contributed by atoms with Crippen LogP contribution in [0.25, 0.3) is 0 Å². The molecule has 0 unspecified atom stereocenters. The molecule has 27 heavy (non-hydrogen) atoms. The Morgan fingerprint density at radius 2 is 1.26 bits per heavy atom. The van der Waals surface area contributed by atoms with Gasteiger partial charge in [-0.15, -0.1) is 0 Å². The van der Waals surface area contributed by atoms with E-state index in [9.17, 15) is 19.2 Å². The zero-order valence-corrected chi connectivity index (χ0v) is 14.9. The minimum Gasteiger partial charge on any atom is -0.466 e. The van der Waals surface area contributed by atoms with Gasteiger partial charge in [0.15, 0.2) is 0 Å². The molecule has 4 bridgehead atoms. The summed E-state index contributed by atoms with van der Waals surface area (Å²) in [7, 11) is 2.56. The highest BCUT2D eigenvalue weighted by Crippen LogP contribution is 2.95. The summed E-state index contributed by atoms with van der Waals surface area (Å²) < 4.78 is 10.00. The molecule has 0 aliphatic heterocycles. The molecule has 8 aliphatic carbocycles. The summed E-state index contributed by atoms with van der Waals surface area (Å²) >= 11 is 0. The van der Waals surface area contributed by atoms with Crippen LogP contribution in [0.4, 0.5) is 0 Å². The van der Waals surface area contributed by atoms with Crippen LogP contribution in [0.15, 0.2) is 23.3 Å². The van der Waals surface area contributed by atoms with Crippen molar-refractivity contribution in [3.05, 3.63) is 23.3 Å². The number of ether oxygens (including phenoxy) is 2. The number of carbonyl (C=O) groups is 4. The first-order chi connectivity index (χ1) is 13.0. The summed E-state index contributed by atoms with van der Waals surface area (Å²) in [4.78, 5) is 52.8. The van der Waals surface area contributed by atoms with E-state index in [0.717, 1.165) is 6.42 Å². The van der Waals surface area contributed by atoms with Gasteiger partial charge in [0.05, 0.1) is 36.2 Å². The molecular weight excluding hydrogens is 348 g/mol. The van der Waals surface area contributed by atoms with E-state index >= 15 is 0 Å². The number of hydrogen-bond acceptors (Lipinski definition) is 6. The van der Waals surface area contributed by atoms with Crippen LogP contribution in [-0.4, -0.2) is 37.7 Å². The fourth-order valence-electron chi connectivity index (χ4n) is 9.55. The zero-order chi connectivity index (χ0) is 18.6. The summed E-state index contributed by atoms with van der Waals surface area (Å²) in [6, 6.07) is 0. The standard InChI is InChI=1S/C21H18O6/c1-26-18(24)12-8-3-4-9(13(12)19(25)27-2)21-15-7-5-6-10(11(7)17(21)23)16(22)20(8,21)14(6)15/h3-4,6-11,14-15H,5H2,1-2H3/t6-,7+,8-,9+,10-,11+,14+,15-,20-,21+. The molecule has 0 aromatic rings. The fraction of sp³-hybridized carbons (Fsp3) is 0.619. The van der Waals surface area contributed by atoms with Crippen molar-refractivity contribution in [2.75, 3.05) is 14.2 Å². The van der Waals surface area contributed by atoms with Crippen molar-refractivity contribution in [2.24, 2.45) is 58.2 Å². The first-order valence-electron chi connectivity index (χ1n) is 9.67. The Morgan fingerprint density at radius 3 is 1.63 bits per heavy atom. The van der Waals surface area contributed by atoms with Gasteiger partial charge in [0.25, 0.3) is 0 Å². The average molecular weight is 366 g/mol. The molecule has 0 aromatic heterocycles. The van der Waals surface area contributed by atoms with E-state index in [1.54, 1.807) is 0 Å². The number of fused-ring (bicyclic) bond motifs is 1. The van der Waals surface area contributed by atoms with Gasteiger partial charge >= 0.3 is 11.9 Å². The SMILES string of the molecule is COC(=O)C1=C(C(=O)OC)[C@@H]2C=C[C@H]1[C@@]13C(=O)[C@@H]4[C@H]5C[C@H]6[C@@H]4C(=O)[C@@]21[C@H]6[C@H]53. The molecule has 0 saturated heterocycles. The Morgan fingerprint density at radius 1 is 0.852 bits per heavy atom. The number of Topliss-reactive ketones (excluding diaryl/α,β-unsaturated/α-hetero) is 2. The van der Waals surface area contributed by atoms with Crippen molar-refractivity contribution in [3.63, 3.8) is 0 Å². The van der Waals surface area contributed by atoms with Crippen molar-refractivity contribution in [1.82, 2.24) is 0 Å². The smallest absolute Gasteiger partial charge is 0.334 e. The second-order valence-electron chi connectivity index (χ2n) is 9.28. The van der Waals surface area contributed by atoms with Crippen LogP contribution >= 0.6 is 0 Å². The molecule has 8 aliphatic rings. The zero-order valence-electron chi connectivity index (χ0n) is 14.9. The van der Waals surface area contributed by atoms with Crippen LogP contribution in [0, 0.1) is 58.2 Å². The Hall–Kier alpha value is -2.24. The Balaban J connectivity index is 1.59. The van der Waals surface area contributed by atoms with Crippen molar-refractivity contribution in [3.8, 4) is 0 Å². The summed E-state index contributed by atoms with van der Waals surface area (Å²) in [5.74, 6) is -1.31. The molecule has 2 spiro atoms. The Kier molecular flexibility index (Phi) is 2.09. The highest BCUT2D eigenvalue weighted by atomic mass is 16.5. The first kappa shape index (κ1) is 14.8. The number of carbonyl (C=O) groups excluding carboxylic acids is 4. The minimum atomic E-state index is -0.827. The largest absolute Gasteiger partial charge is 0.466 e. The van der Waals surface area contributed by atoms with E-state index in [-0.39, 0.29) is 58.2 Å². The lowest BCUT2D eigenvalue weighted by atomic mass is 9.28. The normalized spacial score (nSPS) is 56.1. The van der Waals surface area contributed by atoms with E-state index in [1.165, 1.54) is 14.2 Å². The van der Waals surface area contributed by atoms with Crippen LogP contribution < -0.4 is 0 Å².